The standard InChI is InChI=1S/C12H5Br3ClF3S/c13-8-2-1-5(3-7(8)12(17,18)19)10(16)6-4-9(14)20-11(6)15/h1-4,10H. The minimum atomic E-state index is -4.42. The highest BCUT2D eigenvalue weighted by Gasteiger charge is 2.33. The minimum Gasteiger partial charge on any atom is -0.166 e. The highest BCUT2D eigenvalue weighted by atomic mass is 79.9. The molecule has 0 saturated heterocycles. The zero-order valence-electron chi connectivity index (χ0n) is 9.44. The van der Waals surface area contributed by atoms with Gasteiger partial charge in [-0.1, -0.05) is 22.0 Å². The summed E-state index contributed by atoms with van der Waals surface area (Å²) in [5.41, 5.74) is 0.401. The summed E-state index contributed by atoms with van der Waals surface area (Å²) in [6.45, 7) is 0. The third-order valence-electron chi connectivity index (χ3n) is 2.54. The number of hydrogen-bond donors (Lipinski definition) is 0. The third-order valence-corrected chi connectivity index (χ3v) is 6.11. The molecule has 1 unspecified atom stereocenters. The highest BCUT2D eigenvalue weighted by Crippen LogP contribution is 2.43. The zero-order valence-corrected chi connectivity index (χ0v) is 15.8. The molecule has 0 nitrogen and oxygen atoms in total. The molecule has 2 rings (SSSR count). The first-order valence-corrected chi connectivity index (χ1v) is 8.79. The molecular formula is C12H5Br3ClF3S. The van der Waals surface area contributed by atoms with Crippen LogP contribution in [0.5, 0.6) is 0 Å². The predicted molar refractivity (Wildman–Crippen MR) is 86.6 cm³/mol. The maximum absolute atomic E-state index is 12.9. The molecule has 0 aliphatic heterocycles. The van der Waals surface area contributed by atoms with E-state index in [1.54, 1.807) is 12.1 Å². The lowest BCUT2D eigenvalue weighted by Gasteiger charge is -2.14. The lowest BCUT2D eigenvalue weighted by atomic mass is 10.0. The maximum atomic E-state index is 12.9. The Morgan fingerprint density at radius 1 is 1.10 bits per heavy atom. The summed E-state index contributed by atoms with van der Waals surface area (Å²) in [6, 6.07) is 5.80. The normalized spacial score (nSPS) is 13.6. The van der Waals surface area contributed by atoms with E-state index in [4.69, 9.17) is 11.6 Å². The molecule has 0 spiro atoms. The minimum absolute atomic E-state index is 0.00295. The maximum Gasteiger partial charge on any atom is 0.417 e. The summed E-state index contributed by atoms with van der Waals surface area (Å²) < 4.78 is 40.3. The van der Waals surface area contributed by atoms with Crippen LogP contribution in [0.2, 0.25) is 0 Å². The van der Waals surface area contributed by atoms with Crippen molar-refractivity contribution >= 4 is 70.7 Å². The molecule has 8 heteroatoms. The number of benzene rings is 1. The molecule has 0 aliphatic rings. The van der Waals surface area contributed by atoms with Gasteiger partial charge in [-0.3, -0.25) is 0 Å². The summed E-state index contributed by atoms with van der Waals surface area (Å²) >= 11 is 17.3. The van der Waals surface area contributed by atoms with E-state index in [1.165, 1.54) is 17.4 Å². The van der Waals surface area contributed by atoms with Crippen LogP contribution in [0.4, 0.5) is 13.2 Å². The van der Waals surface area contributed by atoms with Crippen LogP contribution in [0.25, 0.3) is 0 Å². The molecule has 0 aliphatic carbocycles. The highest BCUT2D eigenvalue weighted by molar-refractivity contribution is 9.12. The van der Waals surface area contributed by atoms with Crippen molar-refractivity contribution in [1.82, 2.24) is 0 Å². The van der Waals surface area contributed by atoms with E-state index >= 15 is 0 Å². The lowest BCUT2D eigenvalue weighted by molar-refractivity contribution is -0.138. The summed E-state index contributed by atoms with van der Waals surface area (Å²) in [7, 11) is 0. The van der Waals surface area contributed by atoms with Crippen molar-refractivity contribution in [3.63, 3.8) is 0 Å². The molecule has 1 aromatic heterocycles. The van der Waals surface area contributed by atoms with Crippen LogP contribution in [-0.2, 0) is 6.18 Å². The van der Waals surface area contributed by atoms with Crippen molar-refractivity contribution in [2.75, 3.05) is 0 Å². The van der Waals surface area contributed by atoms with Crippen LogP contribution >= 0.6 is 70.7 Å². The van der Waals surface area contributed by atoms with Crippen LogP contribution in [0.1, 0.15) is 22.1 Å². The van der Waals surface area contributed by atoms with Gasteiger partial charge < -0.3 is 0 Å². The largest absolute Gasteiger partial charge is 0.417 e. The van der Waals surface area contributed by atoms with Gasteiger partial charge in [0.1, 0.15) is 0 Å². The Morgan fingerprint density at radius 3 is 2.25 bits per heavy atom. The molecule has 1 aromatic carbocycles. The van der Waals surface area contributed by atoms with E-state index in [1.807, 2.05) is 0 Å². The molecule has 2 aromatic rings. The molecule has 0 radical (unpaired) electrons. The van der Waals surface area contributed by atoms with Crippen molar-refractivity contribution in [3.05, 3.63) is 53.0 Å². The van der Waals surface area contributed by atoms with E-state index in [0.717, 1.165) is 19.2 Å². The number of halogens is 7. The van der Waals surface area contributed by atoms with Gasteiger partial charge in [0.25, 0.3) is 0 Å². The Balaban J connectivity index is 2.46. The Hall–Kier alpha value is 0.440. The Labute approximate surface area is 147 Å². The fourth-order valence-electron chi connectivity index (χ4n) is 1.62. The van der Waals surface area contributed by atoms with Gasteiger partial charge in [-0.15, -0.1) is 22.9 Å². The van der Waals surface area contributed by atoms with Gasteiger partial charge in [-0.25, -0.2) is 0 Å². The van der Waals surface area contributed by atoms with Crippen molar-refractivity contribution < 1.29 is 13.2 Å². The average molecular weight is 513 g/mol. The van der Waals surface area contributed by atoms with Gasteiger partial charge in [0.2, 0.25) is 0 Å². The fourth-order valence-corrected chi connectivity index (χ4v) is 5.50. The number of hydrogen-bond acceptors (Lipinski definition) is 1. The smallest absolute Gasteiger partial charge is 0.166 e. The third kappa shape index (κ3) is 3.61. The van der Waals surface area contributed by atoms with Gasteiger partial charge in [-0.05, 0) is 55.6 Å². The van der Waals surface area contributed by atoms with Crippen LogP contribution < -0.4 is 0 Å². The van der Waals surface area contributed by atoms with Crippen molar-refractivity contribution in [2.45, 2.75) is 11.6 Å². The molecule has 0 bridgehead atoms. The van der Waals surface area contributed by atoms with Crippen molar-refractivity contribution in [1.29, 1.82) is 0 Å². The molecule has 0 fully saturated rings. The first-order valence-electron chi connectivity index (χ1n) is 5.15. The predicted octanol–water partition coefficient (Wildman–Crippen LogP) is 7.38. The second kappa shape index (κ2) is 6.28. The molecule has 0 amide bonds. The Kier molecular flexibility index (Phi) is 5.28. The van der Waals surface area contributed by atoms with E-state index < -0.39 is 17.1 Å². The Morgan fingerprint density at radius 2 is 1.75 bits per heavy atom. The summed E-state index contributed by atoms with van der Waals surface area (Å²) in [4.78, 5) is 0. The molecular weight excluding hydrogens is 508 g/mol. The monoisotopic (exact) mass is 510 g/mol. The van der Waals surface area contributed by atoms with Gasteiger partial charge in [0.15, 0.2) is 0 Å². The van der Waals surface area contributed by atoms with Crippen LogP contribution in [-0.4, -0.2) is 0 Å². The van der Waals surface area contributed by atoms with Gasteiger partial charge in [0, 0.05) is 10.0 Å². The molecule has 1 atom stereocenters. The summed E-state index contributed by atoms with van der Waals surface area (Å²) in [5.74, 6) is 0. The first-order chi connectivity index (χ1) is 9.20. The molecule has 1 heterocycles. The summed E-state index contributed by atoms with van der Waals surface area (Å²) in [5, 5.41) is -0.652. The van der Waals surface area contributed by atoms with E-state index in [-0.39, 0.29) is 4.47 Å². The zero-order chi connectivity index (χ0) is 15.1. The second-order valence-electron chi connectivity index (χ2n) is 3.88. The van der Waals surface area contributed by atoms with Crippen molar-refractivity contribution in [3.8, 4) is 0 Å². The molecule has 0 saturated carbocycles. The van der Waals surface area contributed by atoms with E-state index in [9.17, 15) is 13.2 Å². The number of alkyl halides is 4. The van der Waals surface area contributed by atoms with Crippen LogP contribution in [0.15, 0.2) is 36.3 Å². The lowest BCUT2D eigenvalue weighted by Crippen LogP contribution is -2.07. The molecule has 108 valence electrons. The summed E-state index contributed by atoms with van der Waals surface area (Å²) in [6.07, 6.45) is -4.42. The van der Waals surface area contributed by atoms with Gasteiger partial charge in [-0.2, -0.15) is 13.2 Å². The average Bonchev–Trinajstić information content (AvgIpc) is 2.66. The number of rotatable bonds is 2. The second-order valence-corrected chi connectivity index (χ2v) is 8.92. The number of thiophene rings is 1. The van der Waals surface area contributed by atoms with Crippen LogP contribution in [0.3, 0.4) is 0 Å². The van der Waals surface area contributed by atoms with Crippen molar-refractivity contribution in [2.24, 2.45) is 0 Å². The van der Waals surface area contributed by atoms with Crippen LogP contribution in [0, 0.1) is 0 Å². The topological polar surface area (TPSA) is 0 Å². The fraction of sp³-hybridized carbons (Fsp3) is 0.167. The molecule has 20 heavy (non-hydrogen) atoms. The van der Waals surface area contributed by atoms with E-state index in [0.29, 0.717) is 5.56 Å². The van der Waals surface area contributed by atoms with Gasteiger partial charge >= 0.3 is 6.18 Å². The Bertz CT molecular complexity index is 639. The van der Waals surface area contributed by atoms with Gasteiger partial charge in [0.05, 0.1) is 18.5 Å². The quantitative estimate of drug-likeness (QED) is 0.368. The van der Waals surface area contributed by atoms with E-state index in [2.05, 4.69) is 47.8 Å². The SMILES string of the molecule is FC(F)(F)c1cc(C(Cl)c2cc(Br)sc2Br)ccc1Br. The molecule has 0 N–H and O–H groups in total. The first kappa shape index (κ1) is 16.8.